The Bertz CT molecular complexity index is 436. The predicted molar refractivity (Wildman–Crippen MR) is 68.4 cm³/mol. The molecule has 4 N–H and O–H groups in total. The molecule has 1 unspecified atom stereocenters. The summed E-state index contributed by atoms with van der Waals surface area (Å²) in [6.45, 7) is 2.28. The normalized spacial score (nSPS) is 11.7. The Labute approximate surface area is 105 Å². The molecular weight excluding hydrogens is 236 g/mol. The van der Waals surface area contributed by atoms with Gasteiger partial charge in [0.25, 0.3) is 5.69 Å². The summed E-state index contributed by atoms with van der Waals surface area (Å²) in [5.41, 5.74) is 5.94. The van der Waals surface area contributed by atoms with Gasteiger partial charge < -0.3 is 16.4 Å². The van der Waals surface area contributed by atoms with E-state index in [0.29, 0.717) is 12.2 Å². The molecule has 0 heterocycles. The van der Waals surface area contributed by atoms with Crippen molar-refractivity contribution in [1.82, 2.24) is 5.32 Å². The van der Waals surface area contributed by atoms with Crippen LogP contribution in [0.5, 0.6) is 0 Å². The Morgan fingerprint density at radius 3 is 2.89 bits per heavy atom. The number of anilines is 1. The Morgan fingerprint density at radius 1 is 1.56 bits per heavy atom. The maximum absolute atomic E-state index is 11.5. The zero-order valence-corrected chi connectivity index (χ0v) is 10.1. The fourth-order valence-electron chi connectivity index (χ4n) is 1.24. The van der Waals surface area contributed by atoms with Gasteiger partial charge in [-0.05, 0) is 12.5 Å². The SMILES string of the molecule is CCC(N)CNC(=O)Nc1cccc([N+](=O)[O-])c1. The van der Waals surface area contributed by atoms with Gasteiger partial charge in [-0.2, -0.15) is 0 Å². The number of non-ortho nitro benzene ring substituents is 1. The highest BCUT2D eigenvalue weighted by Crippen LogP contribution is 2.16. The quantitative estimate of drug-likeness (QED) is 0.544. The van der Waals surface area contributed by atoms with Crippen molar-refractivity contribution < 1.29 is 9.72 Å². The van der Waals surface area contributed by atoms with E-state index in [2.05, 4.69) is 10.6 Å². The highest BCUT2D eigenvalue weighted by molar-refractivity contribution is 5.89. The molecule has 1 rings (SSSR count). The number of nitrogens with zero attached hydrogens (tertiary/aromatic N) is 1. The lowest BCUT2D eigenvalue weighted by Gasteiger charge is -2.11. The molecule has 0 radical (unpaired) electrons. The maximum Gasteiger partial charge on any atom is 0.319 e. The zero-order chi connectivity index (χ0) is 13.5. The second-order valence-electron chi connectivity index (χ2n) is 3.81. The Hall–Kier alpha value is -2.15. The molecule has 0 spiro atoms. The number of hydrogen-bond acceptors (Lipinski definition) is 4. The van der Waals surface area contributed by atoms with Crippen molar-refractivity contribution in [1.29, 1.82) is 0 Å². The topological polar surface area (TPSA) is 110 Å². The van der Waals surface area contributed by atoms with Gasteiger partial charge in [-0.3, -0.25) is 10.1 Å². The number of hydrogen-bond donors (Lipinski definition) is 3. The van der Waals surface area contributed by atoms with Crippen LogP contribution in [0.25, 0.3) is 0 Å². The van der Waals surface area contributed by atoms with Crippen LogP contribution in [0.4, 0.5) is 16.2 Å². The number of rotatable bonds is 5. The molecule has 2 amide bonds. The molecule has 0 bridgehead atoms. The minimum Gasteiger partial charge on any atom is -0.336 e. The van der Waals surface area contributed by atoms with E-state index in [-0.39, 0.29) is 11.7 Å². The third kappa shape index (κ3) is 4.38. The Balaban J connectivity index is 2.54. The number of urea groups is 1. The van der Waals surface area contributed by atoms with E-state index in [1.165, 1.54) is 18.2 Å². The van der Waals surface area contributed by atoms with Crippen LogP contribution in [-0.4, -0.2) is 23.5 Å². The van der Waals surface area contributed by atoms with Crippen LogP contribution < -0.4 is 16.4 Å². The van der Waals surface area contributed by atoms with E-state index in [4.69, 9.17) is 5.73 Å². The van der Waals surface area contributed by atoms with E-state index >= 15 is 0 Å². The number of carbonyl (C=O) groups excluding carboxylic acids is 1. The second-order valence-corrected chi connectivity index (χ2v) is 3.81. The molecule has 0 saturated carbocycles. The Morgan fingerprint density at radius 2 is 2.28 bits per heavy atom. The molecule has 7 nitrogen and oxygen atoms in total. The van der Waals surface area contributed by atoms with E-state index in [1.807, 2.05) is 6.92 Å². The van der Waals surface area contributed by atoms with Crippen molar-refractivity contribution in [2.45, 2.75) is 19.4 Å². The number of nitrogens with two attached hydrogens (primary N) is 1. The summed E-state index contributed by atoms with van der Waals surface area (Å²) in [6.07, 6.45) is 0.761. The van der Waals surface area contributed by atoms with Crippen LogP contribution in [0.2, 0.25) is 0 Å². The summed E-state index contributed by atoms with van der Waals surface area (Å²) in [5.74, 6) is 0. The van der Waals surface area contributed by atoms with Gasteiger partial charge in [0, 0.05) is 30.4 Å². The molecule has 18 heavy (non-hydrogen) atoms. The number of nitro benzene ring substituents is 1. The molecule has 0 aromatic heterocycles. The first-order valence-corrected chi connectivity index (χ1v) is 5.57. The van der Waals surface area contributed by atoms with Gasteiger partial charge in [-0.25, -0.2) is 4.79 Å². The van der Waals surface area contributed by atoms with Gasteiger partial charge >= 0.3 is 6.03 Å². The first-order chi connectivity index (χ1) is 8.52. The molecule has 0 aliphatic heterocycles. The summed E-state index contributed by atoms with van der Waals surface area (Å²) in [6, 6.07) is 5.20. The minimum absolute atomic E-state index is 0.0712. The summed E-state index contributed by atoms with van der Waals surface area (Å²) in [4.78, 5) is 21.5. The summed E-state index contributed by atoms with van der Waals surface area (Å²) >= 11 is 0. The van der Waals surface area contributed by atoms with Crippen molar-refractivity contribution in [2.24, 2.45) is 5.73 Å². The van der Waals surface area contributed by atoms with Crippen LogP contribution in [0, 0.1) is 10.1 Å². The number of amides is 2. The lowest BCUT2D eigenvalue weighted by molar-refractivity contribution is -0.384. The number of nitrogens with one attached hydrogen (secondary N) is 2. The van der Waals surface area contributed by atoms with Crippen LogP contribution in [0.15, 0.2) is 24.3 Å². The zero-order valence-electron chi connectivity index (χ0n) is 10.1. The standard InChI is InChI=1S/C11H16N4O3/c1-2-8(12)7-13-11(16)14-9-4-3-5-10(6-9)15(17)18/h3-6,8H,2,7,12H2,1H3,(H2,13,14,16). The van der Waals surface area contributed by atoms with Crippen LogP contribution in [0.3, 0.4) is 0 Å². The highest BCUT2D eigenvalue weighted by atomic mass is 16.6. The lowest BCUT2D eigenvalue weighted by Crippen LogP contribution is -2.38. The fraction of sp³-hybridized carbons (Fsp3) is 0.364. The molecule has 98 valence electrons. The van der Waals surface area contributed by atoms with Crippen LogP contribution in [0.1, 0.15) is 13.3 Å². The summed E-state index contributed by atoms with van der Waals surface area (Å²) in [7, 11) is 0. The lowest BCUT2D eigenvalue weighted by atomic mass is 10.2. The average molecular weight is 252 g/mol. The number of nitro groups is 1. The maximum atomic E-state index is 11.5. The van der Waals surface area contributed by atoms with Gasteiger partial charge in [-0.1, -0.05) is 13.0 Å². The largest absolute Gasteiger partial charge is 0.336 e. The fourth-order valence-corrected chi connectivity index (χ4v) is 1.24. The van der Waals surface area contributed by atoms with Crippen molar-refractivity contribution in [3.05, 3.63) is 34.4 Å². The van der Waals surface area contributed by atoms with Crippen molar-refractivity contribution >= 4 is 17.4 Å². The third-order valence-corrected chi connectivity index (χ3v) is 2.36. The highest BCUT2D eigenvalue weighted by Gasteiger charge is 2.08. The Kier molecular flexibility index (Phi) is 5.06. The molecule has 1 aromatic rings. The molecule has 0 aliphatic carbocycles. The third-order valence-electron chi connectivity index (χ3n) is 2.36. The predicted octanol–water partition coefficient (Wildman–Crippen LogP) is 1.45. The van der Waals surface area contributed by atoms with E-state index in [1.54, 1.807) is 6.07 Å². The van der Waals surface area contributed by atoms with Crippen molar-refractivity contribution in [3.8, 4) is 0 Å². The molecule has 1 atom stereocenters. The van der Waals surface area contributed by atoms with Gasteiger partial charge in [0.05, 0.1) is 4.92 Å². The molecule has 0 fully saturated rings. The van der Waals surface area contributed by atoms with Gasteiger partial charge in [0.15, 0.2) is 0 Å². The van der Waals surface area contributed by atoms with E-state index < -0.39 is 11.0 Å². The van der Waals surface area contributed by atoms with Gasteiger partial charge in [0.1, 0.15) is 0 Å². The van der Waals surface area contributed by atoms with Gasteiger partial charge in [0.2, 0.25) is 0 Å². The first-order valence-electron chi connectivity index (χ1n) is 5.57. The van der Waals surface area contributed by atoms with E-state index in [0.717, 1.165) is 6.42 Å². The summed E-state index contributed by atoms with van der Waals surface area (Å²) < 4.78 is 0. The molecule has 1 aromatic carbocycles. The van der Waals surface area contributed by atoms with E-state index in [9.17, 15) is 14.9 Å². The monoisotopic (exact) mass is 252 g/mol. The first kappa shape index (κ1) is 13.9. The van der Waals surface area contributed by atoms with Crippen molar-refractivity contribution in [2.75, 3.05) is 11.9 Å². The molecule has 7 heteroatoms. The van der Waals surface area contributed by atoms with Gasteiger partial charge in [-0.15, -0.1) is 0 Å². The smallest absolute Gasteiger partial charge is 0.319 e. The number of benzene rings is 1. The second kappa shape index (κ2) is 6.55. The van der Waals surface area contributed by atoms with Crippen LogP contribution >= 0.6 is 0 Å². The van der Waals surface area contributed by atoms with Crippen molar-refractivity contribution in [3.63, 3.8) is 0 Å². The van der Waals surface area contributed by atoms with Crippen LogP contribution in [-0.2, 0) is 0 Å². The summed E-state index contributed by atoms with van der Waals surface area (Å²) in [5, 5.41) is 15.6. The minimum atomic E-state index is -0.518. The molecule has 0 saturated heterocycles. The average Bonchev–Trinajstić information content (AvgIpc) is 2.36. The molecular formula is C11H16N4O3. The molecule has 0 aliphatic rings. The number of carbonyl (C=O) groups is 1.